The Morgan fingerprint density at radius 2 is 1.87 bits per heavy atom. The molecule has 1 aliphatic rings. The second-order valence-electron chi connectivity index (χ2n) is 8.24. The Kier molecular flexibility index (Phi) is 7.42. The number of urea groups is 1. The number of methoxy groups -OCH3 is 2. The zero-order chi connectivity index (χ0) is 27.4. The van der Waals surface area contributed by atoms with Crippen LogP contribution in [0.5, 0.6) is 11.5 Å². The number of aryl methyl sites for hydroxylation is 1. The van der Waals surface area contributed by atoms with Crippen LogP contribution in [0.2, 0.25) is 0 Å². The first-order valence-corrected chi connectivity index (χ1v) is 11.3. The molecular formula is C26H23N3O9. The number of nitro groups is 1. The number of carbonyl (C=O) groups excluding carboxylic acids is 3. The largest absolute Gasteiger partial charge is 0.493 e. The van der Waals surface area contributed by atoms with Gasteiger partial charge in [-0.3, -0.25) is 19.8 Å². The molecule has 196 valence electrons. The Labute approximate surface area is 216 Å². The van der Waals surface area contributed by atoms with Crippen molar-refractivity contribution in [3.63, 3.8) is 0 Å². The molecule has 2 aromatic carbocycles. The summed E-state index contributed by atoms with van der Waals surface area (Å²) >= 11 is 0. The number of ether oxygens (including phenoxy) is 3. The molecule has 0 saturated carbocycles. The minimum Gasteiger partial charge on any atom is -0.493 e. The maximum Gasteiger partial charge on any atom is 0.373 e. The molecular weight excluding hydrogens is 498 g/mol. The monoisotopic (exact) mass is 521 g/mol. The van der Waals surface area contributed by atoms with Crippen molar-refractivity contribution >= 4 is 29.7 Å². The maximum atomic E-state index is 12.9. The first kappa shape index (κ1) is 25.9. The van der Waals surface area contributed by atoms with Gasteiger partial charge in [-0.05, 0) is 42.3 Å². The number of nitro benzene ring substituents is 1. The molecule has 1 aliphatic heterocycles. The second-order valence-corrected chi connectivity index (χ2v) is 8.24. The van der Waals surface area contributed by atoms with E-state index in [0.717, 1.165) is 16.0 Å². The molecule has 0 unspecified atom stereocenters. The highest BCUT2D eigenvalue weighted by Crippen LogP contribution is 2.39. The number of rotatable bonds is 9. The van der Waals surface area contributed by atoms with Crippen molar-refractivity contribution in [2.24, 2.45) is 0 Å². The van der Waals surface area contributed by atoms with Crippen molar-refractivity contribution in [2.75, 3.05) is 14.2 Å². The van der Waals surface area contributed by atoms with E-state index in [1.165, 1.54) is 44.6 Å². The number of benzene rings is 2. The summed E-state index contributed by atoms with van der Waals surface area (Å²) in [5, 5.41) is 14.3. The average Bonchev–Trinajstić information content (AvgIpc) is 3.48. The van der Waals surface area contributed by atoms with Crippen molar-refractivity contribution in [1.82, 2.24) is 10.2 Å². The number of nitrogens with zero attached hydrogens (tertiary/aromatic N) is 2. The zero-order valence-corrected chi connectivity index (χ0v) is 20.7. The third-order valence-electron chi connectivity index (χ3n) is 5.61. The minimum atomic E-state index is -0.725. The van der Waals surface area contributed by atoms with Crippen LogP contribution in [0.1, 0.15) is 33.0 Å². The molecule has 1 fully saturated rings. The van der Waals surface area contributed by atoms with Crippen molar-refractivity contribution in [3.05, 3.63) is 92.6 Å². The molecule has 0 bridgehead atoms. The predicted octanol–water partition coefficient (Wildman–Crippen LogP) is 3.96. The van der Waals surface area contributed by atoms with Gasteiger partial charge in [-0.15, -0.1) is 0 Å². The number of imide groups is 1. The predicted molar refractivity (Wildman–Crippen MR) is 132 cm³/mol. The number of nitrogens with one attached hydrogen (secondary N) is 1. The molecule has 1 saturated heterocycles. The first-order valence-electron chi connectivity index (χ1n) is 11.3. The molecule has 0 atom stereocenters. The van der Waals surface area contributed by atoms with Gasteiger partial charge in [-0.2, -0.15) is 0 Å². The van der Waals surface area contributed by atoms with E-state index in [-0.39, 0.29) is 53.1 Å². The SMILES string of the molecule is COC(=O)c1ccc(CN2C(=O)N/C(=C\c3cc(OC)c(OCc4ccc(C)cc4)c([N+](=O)[O-])c3)C2=O)o1. The van der Waals surface area contributed by atoms with E-state index in [2.05, 4.69) is 10.1 Å². The van der Waals surface area contributed by atoms with E-state index in [0.29, 0.717) is 0 Å². The molecule has 1 N–H and O–H groups in total. The smallest absolute Gasteiger partial charge is 0.373 e. The number of carbonyl (C=O) groups is 3. The van der Waals surface area contributed by atoms with Gasteiger partial charge in [-0.1, -0.05) is 29.8 Å². The minimum absolute atomic E-state index is 0.0668. The van der Waals surface area contributed by atoms with Crippen LogP contribution in [0.3, 0.4) is 0 Å². The third kappa shape index (κ3) is 5.48. The summed E-state index contributed by atoms with van der Waals surface area (Å²) in [6.07, 6.45) is 1.29. The van der Waals surface area contributed by atoms with Crippen molar-refractivity contribution in [3.8, 4) is 11.5 Å². The average molecular weight is 521 g/mol. The Hall–Kier alpha value is -5.13. The van der Waals surface area contributed by atoms with Gasteiger partial charge in [-0.25, -0.2) is 9.59 Å². The van der Waals surface area contributed by atoms with E-state index >= 15 is 0 Å². The summed E-state index contributed by atoms with van der Waals surface area (Å²) in [6.45, 7) is 1.78. The summed E-state index contributed by atoms with van der Waals surface area (Å²) in [4.78, 5) is 49.0. The number of furan rings is 1. The van der Waals surface area contributed by atoms with Gasteiger partial charge in [0.1, 0.15) is 18.1 Å². The molecule has 12 nitrogen and oxygen atoms in total. The number of amides is 3. The standard InChI is InChI=1S/C26H23N3O9/c1-15-4-6-16(7-5-15)14-37-23-20(29(33)34)11-17(12-22(23)35-2)10-19-24(30)28(26(32)27-19)13-18-8-9-21(38-18)25(31)36-3/h4-12H,13-14H2,1-3H3,(H,27,32)/b19-10-. The first-order chi connectivity index (χ1) is 18.2. The van der Waals surface area contributed by atoms with Crippen LogP contribution >= 0.6 is 0 Å². The normalized spacial score (nSPS) is 14.0. The summed E-state index contributed by atoms with van der Waals surface area (Å²) < 4.78 is 21.0. The highest BCUT2D eigenvalue weighted by Gasteiger charge is 2.35. The Balaban J connectivity index is 1.57. The summed E-state index contributed by atoms with van der Waals surface area (Å²) in [7, 11) is 2.53. The number of hydrogen-bond donors (Lipinski definition) is 1. The van der Waals surface area contributed by atoms with E-state index in [1.54, 1.807) is 0 Å². The van der Waals surface area contributed by atoms with Gasteiger partial charge < -0.3 is 23.9 Å². The van der Waals surface area contributed by atoms with Crippen molar-refractivity contribution in [2.45, 2.75) is 20.1 Å². The maximum absolute atomic E-state index is 12.9. The third-order valence-corrected chi connectivity index (χ3v) is 5.61. The fourth-order valence-corrected chi connectivity index (χ4v) is 3.67. The lowest BCUT2D eigenvalue weighted by molar-refractivity contribution is -0.386. The van der Waals surface area contributed by atoms with E-state index in [4.69, 9.17) is 13.9 Å². The molecule has 3 amide bonds. The van der Waals surface area contributed by atoms with Crippen LogP contribution in [0, 0.1) is 17.0 Å². The van der Waals surface area contributed by atoms with Crippen molar-refractivity contribution < 1.29 is 37.9 Å². The lowest BCUT2D eigenvalue weighted by atomic mass is 10.1. The molecule has 3 aromatic rings. The molecule has 12 heteroatoms. The highest BCUT2D eigenvalue weighted by molar-refractivity contribution is 6.13. The van der Waals surface area contributed by atoms with Gasteiger partial charge >= 0.3 is 17.7 Å². The molecule has 1 aromatic heterocycles. The Morgan fingerprint density at radius 3 is 2.53 bits per heavy atom. The highest BCUT2D eigenvalue weighted by atomic mass is 16.6. The quantitative estimate of drug-likeness (QED) is 0.145. The molecule has 0 spiro atoms. The van der Waals surface area contributed by atoms with Crippen LogP contribution in [-0.2, 0) is 22.7 Å². The van der Waals surface area contributed by atoms with Gasteiger partial charge in [0.15, 0.2) is 5.75 Å². The van der Waals surface area contributed by atoms with Crippen molar-refractivity contribution in [1.29, 1.82) is 0 Å². The number of hydrogen-bond acceptors (Lipinski definition) is 9. The Morgan fingerprint density at radius 1 is 1.13 bits per heavy atom. The zero-order valence-electron chi connectivity index (χ0n) is 20.7. The molecule has 0 aliphatic carbocycles. The van der Waals surface area contributed by atoms with Gasteiger partial charge in [0, 0.05) is 6.07 Å². The molecule has 0 radical (unpaired) electrons. The lowest BCUT2D eigenvalue weighted by Gasteiger charge is -2.12. The fraction of sp³-hybridized carbons (Fsp3) is 0.192. The van der Waals surface area contributed by atoms with E-state index in [9.17, 15) is 24.5 Å². The van der Waals surface area contributed by atoms with Gasteiger partial charge in [0.25, 0.3) is 5.91 Å². The topological polar surface area (TPSA) is 150 Å². The lowest BCUT2D eigenvalue weighted by Crippen LogP contribution is -2.30. The van der Waals surface area contributed by atoms with Crippen LogP contribution in [-0.4, -0.2) is 42.0 Å². The summed E-state index contributed by atoms with van der Waals surface area (Å²) in [6, 6.07) is 12.3. The molecule has 38 heavy (non-hydrogen) atoms. The van der Waals surface area contributed by atoms with Crippen LogP contribution in [0.25, 0.3) is 6.08 Å². The van der Waals surface area contributed by atoms with Gasteiger partial charge in [0.05, 0.1) is 25.7 Å². The molecule has 4 rings (SSSR count). The van der Waals surface area contributed by atoms with E-state index in [1.807, 2.05) is 31.2 Å². The van der Waals surface area contributed by atoms with Crippen LogP contribution in [0.4, 0.5) is 10.5 Å². The summed E-state index contributed by atoms with van der Waals surface area (Å²) in [5.41, 5.74) is 1.62. The fourth-order valence-electron chi connectivity index (χ4n) is 3.67. The van der Waals surface area contributed by atoms with Crippen LogP contribution in [0.15, 0.2) is 58.6 Å². The van der Waals surface area contributed by atoms with E-state index < -0.39 is 22.8 Å². The molecule has 2 heterocycles. The Bertz CT molecular complexity index is 1440. The number of esters is 1. The van der Waals surface area contributed by atoms with Crippen LogP contribution < -0.4 is 14.8 Å². The summed E-state index contributed by atoms with van der Waals surface area (Å²) in [5.74, 6) is -1.26. The van der Waals surface area contributed by atoms with Gasteiger partial charge in [0.2, 0.25) is 11.5 Å². The second kappa shape index (κ2) is 10.9.